The number of carbonyl (C=O) groups excluding carboxylic acids is 1. The Kier molecular flexibility index (Phi) is 4.76. The highest BCUT2D eigenvalue weighted by molar-refractivity contribution is 9.10. The van der Waals surface area contributed by atoms with Gasteiger partial charge >= 0.3 is 6.09 Å². The number of nitrogens with zero attached hydrogens (tertiary/aromatic N) is 1. The first-order chi connectivity index (χ1) is 7.67. The summed E-state index contributed by atoms with van der Waals surface area (Å²) in [5, 5.41) is 19.7. The van der Waals surface area contributed by atoms with Gasteiger partial charge in [0.1, 0.15) is 12.7 Å². The molecule has 1 aromatic carbocycles. The zero-order chi connectivity index (χ0) is 12.0. The van der Waals surface area contributed by atoms with Crippen LogP contribution in [0.25, 0.3) is 0 Å². The molecular formula is C10H9BrN2O3. The summed E-state index contributed by atoms with van der Waals surface area (Å²) in [6, 6.07) is 6.81. The van der Waals surface area contributed by atoms with E-state index in [1.807, 2.05) is 6.07 Å². The molecule has 1 rings (SSSR count). The second-order valence-electron chi connectivity index (χ2n) is 2.79. The lowest BCUT2D eigenvalue weighted by Crippen LogP contribution is -2.16. The molecule has 0 radical (unpaired) electrons. The van der Waals surface area contributed by atoms with Gasteiger partial charge in [0.2, 0.25) is 0 Å². The van der Waals surface area contributed by atoms with Gasteiger partial charge in [-0.25, -0.2) is 4.79 Å². The van der Waals surface area contributed by atoms with E-state index in [1.54, 1.807) is 18.2 Å². The number of carbonyl (C=O) groups is 1. The quantitative estimate of drug-likeness (QED) is 0.888. The molecular weight excluding hydrogens is 276 g/mol. The minimum atomic E-state index is -0.705. The summed E-state index contributed by atoms with van der Waals surface area (Å²) in [5.74, 6) is 0. The molecule has 0 aromatic heterocycles. The molecule has 16 heavy (non-hydrogen) atoms. The number of hydrogen-bond donors (Lipinski definition) is 2. The SMILES string of the molecule is N#Cc1ccc(Br)cc1NC(=O)OCCO. The van der Waals surface area contributed by atoms with Crippen molar-refractivity contribution in [2.75, 3.05) is 18.5 Å². The number of aliphatic hydroxyl groups excluding tert-OH is 1. The number of aliphatic hydroxyl groups is 1. The Labute approximate surface area is 101 Å². The number of amides is 1. The predicted octanol–water partition coefficient (Wildman–Crippen LogP) is 1.86. The van der Waals surface area contributed by atoms with Gasteiger partial charge in [0, 0.05) is 4.47 Å². The summed E-state index contributed by atoms with van der Waals surface area (Å²) in [5.41, 5.74) is 0.698. The third-order valence-electron chi connectivity index (χ3n) is 1.66. The van der Waals surface area contributed by atoms with Crippen LogP contribution in [0.5, 0.6) is 0 Å². The zero-order valence-electron chi connectivity index (χ0n) is 8.24. The largest absolute Gasteiger partial charge is 0.447 e. The average molecular weight is 285 g/mol. The maximum atomic E-state index is 11.2. The summed E-state index contributed by atoms with van der Waals surface area (Å²) in [6.45, 7) is -0.321. The lowest BCUT2D eigenvalue weighted by molar-refractivity contribution is 0.131. The molecule has 1 amide bonds. The summed E-state index contributed by atoms with van der Waals surface area (Å²) < 4.78 is 5.35. The van der Waals surface area contributed by atoms with Crippen molar-refractivity contribution in [3.8, 4) is 6.07 Å². The first-order valence-corrected chi connectivity index (χ1v) is 5.21. The summed E-state index contributed by atoms with van der Waals surface area (Å²) in [7, 11) is 0. The van der Waals surface area contributed by atoms with Gasteiger partial charge in [-0.2, -0.15) is 5.26 Å². The Morgan fingerprint density at radius 2 is 2.38 bits per heavy atom. The molecule has 0 bridgehead atoms. The third kappa shape index (κ3) is 3.53. The first-order valence-electron chi connectivity index (χ1n) is 4.41. The van der Waals surface area contributed by atoms with E-state index in [0.29, 0.717) is 11.3 Å². The van der Waals surface area contributed by atoms with Gasteiger partial charge in [-0.3, -0.25) is 5.32 Å². The molecule has 0 spiro atoms. The van der Waals surface area contributed by atoms with Crippen LogP contribution in [0.15, 0.2) is 22.7 Å². The van der Waals surface area contributed by atoms with Crippen LogP contribution in [0, 0.1) is 11.3 Å². The van der Waals surface area contributed by atoms with Crippen molar-refractivity contribution in [2.24, 2.45) is 0 Å². The van der Waals surface area contributed by atoms with Crippen LogP contribution in [-0.2, 0) is 4.74 Å². The number of nitriles is 1. The number of rotatable bonds is 3. The van der Waals surface area contributed by atoms with Crippen molar-refractivity contribution in [1.29, 1.82) is 5.26 Å². The van der Waals surface area contributed by atoms with E-state index in [1.165, 1.54) is 0 Å². The van der Waals surface area contributed by atoms with Crippen molar-refractivity contribution >= 4 is 27.7 Å². The second kappa shape index (κ2) is 6.10. The predicted molar refractivity (Wildman–Crippen MR) is 60.9 cm³/mol. The molecule has 0 saturated carbocycles. The number of anilines is 1. The lowest BCUT2D eigenvalue weighted by Gasteiger charge is -2.07. The number of benzene rings is 1. The van der Waals surface area contributed by atoms with E-state index in [4.69, 9.17) is 10.4 Å². The van der Waals surface area contributed by atoms with Crippen LogP contribution in [0.1, 0.15) is 5.56 Å². The Hall–Kier alpha value is -1.58. The summed E-state index contributed by atoms with van der Waals surface area (Å²) in [6.07, 6.45) is -0.705. The Balaban J connectivity index is 2.76. The van der Waals surface area contributed by atoms with Crippen molar-refractivity contribution in [3.05, 3.63) is 28.2 Å². The number of nitrogens with one attached hydrogen (secondary N) is 1. The Bertz CT molecular complexity index is 429. The average Bonchev–Trinajstić information content (AvgIpc) is 2.27. The van der Waals surface area contributed by atoms with Crippen LogP contribution in [0.4, 0.5) is 10.5 Å². The van der Waals surface area contributed by atoms with Crippen molar-refractivity contribution < 1.29 is 14.6 Å². The van der Waals surface area contributed by atoms with Crippen molar-refractivity contribution in [1.82, 2.24) is 0 Å². The van der Waals surface area contributed by atoms with E-state index in [0.717, 1.165) is 4.47 Å². The monoisotopic (exact) mass is 284 g/mol. The lowest BCUT2D eigenvalue weighted by atomic mass is 10.2. The molecule has 0 fully saturated rings. The maximum Gasteiger partial charge on any atom is 0.411 e. The van der Waals surface area contributed by atoms with E-state index in [-0.39, 0.29) is 13.2 Å². The normalized spacial score (nSPS) is 9.31. The van der Waals surface area contributed by atoms with Gasteiger partial charge in [-0.1, -0.05) is 15.9 Å². The fraction of sp³-hybridized carbons (Fsp3) is 0.200. The molecule has 5 nitrogen and oxygen atoms in total. The van der Waals surface area contributed by atoms with Crippen LogP contribution < -0.4 is 5.32 Å². The van der Waals surface area contributed by atoms with Gasteiger partial charge < -0.3 is 9.84 Å². The summed E-state index contributed by atoms with van der Waals surface area (Å²) in [4.78, 5) is 11.2. The minimum Gasteiger partial charge on any atom is -0.447 e. The van der Waals surface area contributed by atoms with Crippen LogP contribution in [0.3, 0.4) is 0 Å². The first kappa shape index (κ1) is 12.5. The molecule has 0 unspecified atom stereocenters. The topological polar surface area (TPSA) is 82.4 Å². The molecule has 6 heteroatoms. The summed E-state index contributed by atoms with van der Waals surface area (Å²) >= 11 is 3.23. The molecule has 0 saturated heterocycles. The molecule has 0 atom stereocenters. The van der Waals surface area contributed by atoms with Gasteiger partial charge in [0.05, 0.1) is 17.9 Å². The Morgan fingerprint density at radius 1 is 1.62 bits per heavy atom. The minimum absolute atomic E-state index is 0.0816. The Morgan fingerprint density at radius 3 is 3.00 bits per heavy atom. The standard InChI is InChI=1S/C10H9BrN2O3/c11-8-2-1-7(6-12)9(5-8)13-10(15)16-4-3-14/h1-2,5,14H,3-4H2,(H,13,15). The van der Waals surface area contributed by atoms with Crippen molar-refractivity contribution in [2.45, 2.75) is 0 Å². The highest BCUT2D eigenvalue weighted by Crippen LogP contribution is 2.20. The molecule has 0 aliphatic carbocycles. The molecule has 1 aromatic rings. The van der Waals surface area contributed by atoms with Crippen LogP contribution in [-0.4, -0.2) is 24.4 Å². The van der Waals surface area contributed by atoms with E-state index in [2.05, 4.69) is 26.0 Å². The van der Waals surface area contributed by atoms with Gasteiger partial charge in [-0.05, 0) is 18.2 Å². The molecule has 0 aliphatic rings. The molecule has 2 N–H and O–H groups in total. The molecule has 0 heterocycles. The highest BCUT2D eigenvalue weighted by Gasteiger charge is 2.07. The fourth-order valence-corrected chi connectivity index (χ4v) is 1.36. The third-order valence-corrected chi connectivity index (χ3v) is 2.16. The van der Waals surface area contributed by atoms with E-state index < -0.39 is 6.09 Å². The maximum absolute atomic E-state index is 11.2. The van der Waals surface area contributed by atoms with E-state index >= 15 is 0 Å². The van der Waals surface area contributed by atoms with Gasteiger partial charge in [-0.15, -0.1) is 0 Å². The van der Waals surface area contributed by atoms with E-state index in [9.17, 15) is 4.79 Å². The second-order valence-corrected chi connectivity index (χ2v) is 3.70. The zero-order valence-corrected chi connectivity index (χ0v) is 9.82. The van der Waals surface area contributed by atoms with Gasteiger partial charge in [0.25, 0.3) is 0 Å². The number of halogens is 1. The van der Waals surface area contributed by atoms with Gasteiger partial charge in [0.15, 0.2) is 0 Å². The molecule has 84 valence electrons. The number of ether oxygens (including phenoxy) is 1. The smallest absolute Gasteiger partial charge is 0.411 e. The van der Waals surface area contributed by atoms with Crippen LogP contribution >= 0.6 is 15.9 Å². The molecule has 0 aliphatic heterocycles. The fourth-order valence-electron chi connectivity index (χ4n) is 1.00. The van der Waals surface area contributed by atoms with Crippen LogP contribution in [0.2, 0.25) is 0 Å². The van der Waals surface area contributed by atoms with Crippen molar-refractivity contribution in [3.63, 3.8) is 0 Å². The highest BCUT2D eigenvalue weighted by atomic mass is 79.9. The number of hydrogen-bond acceptors (Lipinski definition) is 4.